The first-order chi connectivity index (χ1) is 8.39. The van der Waals surface area contributed by atoms with Crippen LogP contribution in [0.5, 0.6) is 0 Å². The van der Waals surface area contributed by atoms with Gasteiger partial charge < -0.3 is 4.90 Å². The molecule has 96 valence electrons. The number of aliphatic imine (C=N–C) groups is 1. The molecule has 0 fully saturated rings. The Hall–Kier alpha value is -1.35. The number of fused-ring (bicyclic) bond motifs is 3. The molecule has 0 amide bonds. The van der Waals surface area contributed by atoms with E-state index in [-0.39, 0.29) is 21.4 Å². The van der Waals surface area contributed by atoms with Crippen LogP contribution in [0.4, 0.5) is 5.69 Å². The molecular weight excluding hydrogens is 276 g/mol. The van der Waals surface area contributed by atoms with Crippen LogP contribution in [0.1, 0.15) is 10.8 Å². The molecule has 0 aromatic carbocycles. The molecule has 0 saturated heterocycles. The lowest BCUT2D eigenvalue weighted by atomic mass is 10.2. The second kappa shape index (κ2) is 3.58. The molecule has 1 aromatic heterocycles. The zero-order valence-corrected chi connectivity index (χ0v) is 11.2. The smallest absolute Gasteiger partial charge is 0.288 e. The van der Waals surface area contributed by atoms with E-state index in [0.29, 0.717) is 5.69 Å². The van der Waals surface area contributed by atoms with Gasteiger partial charge in [0.2, 0.25) is 0 Å². The normalized spacial score (nSPS) is 25.9. The lowest BCUT2D eigenvalue weighted by Crippen LogP contribution is -2.29. The molecule has 0 aliphatic carbocycles. The Morgan fingerprint density at radius 3 is 2.89 bits per heavy atom. The number of nitrogens with one attached hydrogen (secondary N) is 1. The Bertz CT molecular complexity index is 709. The number of aromatic amines is 1. The highest BCUT2D eigenvalue weighted by molar-refractivity contribution is 8.35. The Labute approximate surface area is 107 Å². The molecule has 1 aromatic rings. The van der Waals surface area contributed by atoms with Gasteiger partial charge in [-0.25, -0.2) is 18.5 Å². The standard InChI is InChI=1S/C9H10N4O3S2/c1-13-5-4(3-10-12-8(5)14)6-7(13)11-9(17-6)18(2,15)16/h3,6-7H,1-2H3,(H,12,14). The van der Waals surface area contributed by atoms with Crippen LogP contribution >= 0.6 is 11.8 Å². The minimum absolute atomic E-state index is 0.121. The third kappa shape index (κ3) is 1.50. The molecule has 3 heterocycles. The third-order valence-corrected chi connectivity index (χ3v) is 5.96. The highest BCUT2D eigenvalue weighted by Crippen LogP contribution is 2.49. The number of aromatic nitrogens is 2. The van der Waals surface area contributed by atoms with E-state index in [2.05, 4.69) is 15.2 Å². The van der Waals surface area contributed by atoms with E-state index >= 15 is 0 Å². The zero-order chi connectivity index (χ0) is 13.1. The highest BCUT2D eigenvalue weighted by Gasteiger charge is 2.45. The number of hydrogen-bond acceptors (Lipinski definition) is 7. The number of rotatable bonds is 0. The van der Waals surface area contributed by atoms with Crippen LogP contribution < -0.4 is 10.5 Å². The summed E-state index contributed by atoms with van der Waals surface area (Å²) >= 11 is 1.17. The van der Waals surface area contributed by atoms with Crippen LogP contribution in [0.3, 0.4) is 0 Å². The van der Waals surface area contributed by atoms with Gasteiger partial charge in [0, 0.05) is 18.9 Å². The van der Waals surface area contributed by atoms with Gasteiger partial charge in [0.1, 0.15) is 11.9 Å². The summed E-state index contributed by atoms with van der Waals surface area (Å²) < 4.78 is 23.1. The van der Waals surface area contributed by atoms with Crippen molar-refractivity contribution < 1.29 is 8.42 Å². The van der Waals surface area contributed by atoms with E-state index in [1.807, 2.05) is 0 Å². The van der Waals surface area contributed by atoms with Crippen molar-refractivity contribution in [2.75, 3.05) is 18.2 Å². The van der Waals surface area contributed by atoms with Gasteiger partial charge in [-0.15, -0.1) is 0 Å². The van der Waals surface area contributed by atoms with Crippen LogP contribution in [-0.2, 0) is 9.84 Å². The molecule has 9 heteroatoms. The second-order valence-corrected chi connectivity index (χ2v) is 7.55. The predicted molar refractivity (Wildman–Crippen MR) is 69.7 cm³/mol. The van der Waals surface area contributed by atoms with Crippen molar-refractivity contribution in [1.29, 1.82) is 0 Å². The summed E-state index contributed by atoms with van der Waals surface area (Å²) in [6.45, 7) is 0. The molecule has 7 nitrogen and oxygen atoms in total. The minimum Gasteiger partial charge on any atom is -0.347 e. The first kappa shape index (κ1) is 11.7. The lowest BCUT2D eigenvalue weighted by molar-refractivity contribution is 0.612. The van der Waals surface area contributed by atoms with E-state index in [4.69, 9.17) is 0 Å². The van der Waals surface area contributed by atoms with Gasteiger partial charge in [0.25, 0.3) is 5.56 Å². The van der Waals surface area contributed by atoms with Crippen molar-refractivity contribution in [2.24, 2.45) is 4.99 Å². The summed E-state index contributed by atoms with van der Waals surface area (Å²) in [6, 6.07) is 0. The largest absolute Gasteiger partial charge is 0.347 e. The number of thioether (sulfide) groups is 1. The van der Waals surface area contributed by atoms with Crippen molar-refractivity contribution in [3.05, 3.63) is 22.1 Å². The van der Waals surface area contributed by atoms with Gasteiger partial charge in [-0.05, 0) is 0 Å². The topological polar surface area (TPSA) is 95.5 Å². The van der Waals surface area contributed by atoms with E-state index in [0.717, 1.165) is 11.8 Å². The van der Waals surface area contributed by atoms with Crippen LogP contribution in [0.25, 0.3) is 0 Å². The summed E-state index contributed by atoms with van der Waals surface area (Å²) in [4.78, 5) is 17.6. The fraction of sp³-hybridized carbons (Fsp3) is 0.444. The summed E-state index contributed by atoms with van der Waals surface area (Å²) in [6.07, 6.45) is 2.35. The van der Waals surface area contributed by atoms with Gasteiger partial charge in [0.05, 0.1) is 11.4 Å². The maximum atomic E-state index is 11.7. The minimum atomic E-state index is -3.30. The molecule has 3 rings (SSSR count). The number of sulfone groups is 1. The van der Waals surface area contributed by atoms with Crippen LogP contribution in [0.2, 0.25) is 0 Å². The second-order valence-electron chi connectivity index (χ2n) is 4.23. The molecular formula is C9H10N4O3S2. The van der Waals surface area contributed by atoms with E-state index < -0.39 is 9.84 Å². The number of H-pyrrole nitrogens is 1. The monoisotopic (exact) mass is 286 g/mol. The van der Waals surface area contributed by atoms with Crippen molar-refractivity contribution in [3.8, 4) is 0 Å². The molecule has 18 heavy (non-hydrogen) atoms. The Morgan fingerprint density at radius 1 is 1.50 bits per heavy atom. The molecule has 2 aliphatic heterocycles. The third-order valence-electron chi connectivity index (χ3n) is 2.97. The maximum absolute atomic E-state index is 11.7. The highest BCUT2D eigenvalue weighted by atomic mass is 32.3. The number of anilines is 1. The van der Waals surface area contributed by atoms with Crippen LogP contribution in [0, 0.1) is 0 Å². The van der Waals surface area contributed by atoms with E-state index in [1.165, 1.54) is 11.8 Å². The average Bonchev–Trinajstić information content (AvgIpc) is 2.80. The van der Waals surface area contributed by atoms with Gasteiger partial charge in [0.15, 0.2) is 14.2 Å². The van der Waals surface area contributed by atoms with Crippen molar-refractivity contribution >= 4 is 31.7 Å². The van der Waals surface area contributed by atoms with E-state index in [1.54, 1.807) is 18.1 Å². The fourth-order valence-electron chi connectivity index (χ4n) is 2.18. The number of nitrogens with zero attached hydrogens (tertiary/aromatic N) is 3. The Kier molecular flexibility index (Phi) is 2.33. The van der Waals surface area contributed by atoms with Crippen molar-refractivity contribution in [3.63, 3.8) is 0 Å². The molecule has 2 atom stereocenters. The fourth-order valence-corrected chi connectivity index (χ4v) is 4.54. The predicted octanol–water partition coefficient (Wildman–Crippen LogP) is -0.266. The molecule has 2 unspecified atom stereocenters. The first-order valence-electron chi connectivity index (χ1n) is 5.14. The molecule has 0 saturated carbocycles. The van der Waals surface area contributed by atoms with Crippen LogP contribution in [-0.4, -0.2) is 42.5 Å². The van der Waals surface area contributed by atoms with Crippen LogP contribution in [0.15, 0.2) is 16.0 Å². The first-order valence-corrected chi connectivity index (χ1v) is 7.91. The number of likely N-dealkylation sites (N-methyl/N-ethyl adjacent to an activating group) is 1. The molecule has 0 radical (unpaired) electrons. The maximum Gasteiger partial charge on any atom is 0.288 e. The van der Waals surface area contributed by atoms with Gasteiger partial charge in [-0.1, -0.05) is 11.8 Å². The van der Waals surface area contributed by atoms with E-state index in [9.17, 15) is 13.2 Å². The summed E-state index contributed by atoms with van der Waals surface area (Å²) in [5.41, 5.74) is 0.976. The summed E-state index contributed by atoms with van der Waals surface area (Å²) in [7, 11) is -1.57. The van der Waals surface area contributed by atoms with Gasteiger partial charge in [-0.3, -0.25) is 4.79 Å². The Morgan fingerprint density at radius 2 is 2.22 bits per heavy atom. The molecule has 1 N–H and O–H groups in total. The van der Waals surface area contributed by atoms with Gasteiger partial charge >= 0.3 is 0 Å². The summed E-state index contributed by atoms with van der Waals surface area (Å²) in [5, 5.41) is 5.95. The molecule has 2 aliphatic rings. The lowest BCUT2D eigenvalue weighted by Gasteiger charge is -2.16. The molecule has 0 bridgehead atoms. The zero-order valence-electron chi connectivity index (χ0n) is 9.61. The SMILES string of the molecule is CN1c2c(cn[nH]c2=O)C2SC(S(C)(=O)=O)=NC21. The van der Waals surface area contributed by atoms with Crippen molar-refractivity contribution in [2.45, 2.75) is 11.4 Å². The average molecular weight is 286 g/mol. The van der Waals surface area contributed by atoms with Gasteiger partial charge in [-0.2, -0.15) is 5.10 Å². The quantitative estimate of drug-likeness (QED) is 0.705. The Balaban J connectivity index is 2.11. The molecule has 0 spiro atoms. The van der Waals surface area contributed by atoms with Crippen molar-refractivity contribution in [1.82, 2.24) is 10.2 Å². The number of hydrogen-bond donors (Lipinski definition) is 1. The summed E-state index contributed by atoms with van der Waals surface area (Å²) in [5.74, 6) is 0.